The summed E-state index contributed by atoms with van der Waals surface area (Å²) in [5.74, 6) is -1.21. The lowest BCUT2D eigenvalue weighted by atomic mass is 9.93. The van der Waals surface area contributed by atoms with E-state index in [1.165, 1.54) is 6.07 Å². The number of halogens is 2. The summed E-state index contributed by atoms with van der Waals surface area (Å²) >= 11 is 0. The number of nitrogens with zero attached hydrogens (tertiary/aromatic N) is 4. The summed E-state index contributed by atoms with van der Waals surface area (Å²) < 4.78 is 26.4. The van der Waals surface area contributed by atoms with Gasteiger partial charge in [-0.25, -0.2) is 13.8 Å². The topological polar surface area (TPSA) is 96.2 Å². The lowest BCUT2D eigenvalue weighted by molar-refractivity contribution is -0.384. The summed E-state index contributed by atoms with van der Waals surface area (Å²) in [5, 5.41) is 17.4. The fraction of sp³-hybridized carbons (Fsp3) is 0.524. The molecule has 1 aromatic heterocycles. The predicted molar refractivity (Wildman–Crippen MR) is 115 cm³/mol. The second-order valence-corrected chi connectivity index (χ2v) is 8.79. The Morgan fingerprint density at radius 2 is 2.03 bits per heavy atom. The highest BCUT2D eigenvalue weighted by molar-refractivity contribution is 5.57. The Balaban J connectivity index is 1.67. The quantitative estimate of drug-likeness (QED) is 0.498. The Morgan fingerprint density at radius 1 is 1.26 bits per heavy atom. The van der Waals surface area contributed by atoms with Gasteiger partial charge < -0.3 is 10.6 Å². The van der Waals surface area contributed by atoms with Gasteiger partial charge in [0.1, 0.15) is 6.20 Å². The van der Waals surface area contributed by atoms with Crippen LogP contribution in [0.25, 0.3) is 0 Å². The van der Waals surface area contributed by atoms with Gasteiger partial charge in [-0.15, -0.1) is 0 Å². The monoisotopic (exact) mass is 434 g/mol. The van der Waals surface area contributed by atoms with E-state index in [0.29, 0.717) is 18.0 Å². The van der Waals surface area contributed by atoms with Crippen LogP contribution < -0.4 is 10.6 Å². The van der Waals surface area contributed by atoms with E-state index in [4.69, 9.17) is 0 Å². The molecule has 1 saturated heterocycles. The number of hydrogen-bond acceptors (Lipinski definition) is 7. The molecular weight excluding hydrogens is 406 g/mol. The zero-order valence-corrected chi connectivity index (χ0v) is 18.0. The maximum absolute atomic E-state index is 13.4. The standard InChI is InChI=1S/C21H28F2N6O2/c1-21(2,3)28-8-4-5-15(13-28)11-24-19-18(29(30)31)12-26-20(27-19)25-10-14-6-7-16(22)17(23)9-14/h6-7,9,12,15H,4-5,8,10-11,13H2,1-3H3,(H2,24,25,26,27)/t15-/m0/s1. The van der Waals surface area contributed by atoms with Gasteiger partial charge in [-0.3, -0.25) is 15.0 Å². The number of hydrogen-bond donors (Lipinski definition) is 2. The number of anilines is 2. The third kappa shape index (κ3) is 6.06. The molecule has 10 heteroatoms. The first kappa shape index (κ1) is 22.8. The Kier molecular flexibility index (Phi) is 6.99. The first-order chi connectivity index (χ1) is 14.6. The number of benzene rings is 1. The molecule has 2 N–H and O–H groups in total. The first-order valence-electron chi connectivity index (χ1n) is 10.3. The number of nitrogens with one attached hydrogen (secondary N) is 2. The Bertz CT molecular complexity index is 935. The lowest BCUT2D eigenvalue weighted by Gasteiger charge is -2.41. The fourth-order valence-electron chi connectivity index (χ4n) is 3.64. The van der Waals surface area contributed by atoms with E-state index < -0.39 is 16.6 Å². The van der Waals surface area contributed by atoms with Gasteiger partial charge in [0, 0.05) is 25.2 Å². The molecule has 1 fully saturated rings. The van der Waals surface area contributed by atoms with Crippen molar-refractivity contribution in [2.24, 2.45) is 5.92 Å². The molecule has 2 heterocycles. The molecule has 168 valence electrons. The summed E-state index contributed by atoms with van der Waals surface area (Å²) in [5.41, 5.74) is 0.373. The molecule has 0 aliphatic carbocycles. The third-order valence-corrected chi connectivity index (χ3v) is 5.43. The van der Waals surface area contributed by atoms with Crippen LogP contribution >= 0.6 is 0 Å². The molecule has 1 aliphatic heterocycles. The van der Waals surface area contributed by atoms with Gasteiger partial charge in [0.15, 0.2) is 11.6 Å². The molecule has 0 radical (unpaired) electrons. The van der Waals surface area contributed by atoms with E-state index in [-0.39, 0.29) is 29.5 Å². The Labute approximate surface area is 180 Å². The second kappa shape index (κ2) is 9.51. The molecule has 8 nitrogen and oxygen atoms in total. The molecule has 0 unspecified atom stereocenters. The van der Waals surface area contributed by atoms with Gasteiger partial charge in [0.25, 0.3) is 0 Å². The molecule has 0 bridgehead atoms. The first-order valence-corrected chi connectivity index (χ1v) is 10.3. The van der Waals surface area contributed by atoms with Gasteiger partial charge >= 0.3 is 5.69 Å². The molecule has 0 spiro atoms. The third-order valence-electron chi connectivity index (χ3n) is 5.43. The molecule has 1 aromatic carbocycles. The van der Waals surface area contributed by atoms with Crippen LogP contribution in [0.4, 0.5) is 26.2 Å². The average Bonchev–Trinajstić information content (AvgIpc) is 2.72. The van der Waals surface area contributed by atoms with E-state index >= 15 is 0 Å². The van der Waals surface area contributed by atoms with Gasteiger partial charge in [0.2, 0.25) is 11.8 Å². The van der Waals surface area contributed by atoms with Crippen molar-refractivity contribution in [3.05, 3.63) is 51.7 Å². The van der Waals surface area contributed by atoms with E-state index in [1.54, 1.807) is 0 Å². The Morgan fingerprint density at radius 3 is 2.71 bits per heavy atom. The summed E-state index contributed by atoms with van der Waals surface area (Å²) in [7, 11) is 0. The number of aromatic nitrogens is 2. The maximum Gasteiger partial charge on any atom is 0.329 e. The zero-order chi connectivity index (χ0) is 22.6. The highest BCUT2D eigenvalue weighted by Crippen LogP contribution is 2.26. The van der Waals surface area contributed by atoms with E-state index in [1.807, 2.05) is 0 Å². The minimum absolute atomic E-state index is 0.0799. The van der Waals surface area contributed by atoms with Gasteiger partial charge in [0.05, 0.1) is 4.92 Å². The van der Waals surface area contributed by atoms with E-state index in [0.717, 1.165) is 44.3 Å². The van der Waals surface area contributed by atoms with E-state index in [9.17, 15) is 18.9 Å². The van der Waals surface area contributed by atoms with Crippen molar-refractivity contribution in [1.82, 2.24) is 14.9 Å². The van der Waals surface area contributed by atoms with Gasteiger partial charge in [-0.2, -0.15) is 4.98 Å². The maximum atomic E-state index is 13.4. The summed E-state index contributed by atoms with van der Waals surface area (Å²) in [6.45, 7) is 9.22. The summed E-state index contributed by atoms with van der Waals surface area (Å²) in [4.78, 5) is 21.5. The van der Waals surface area contributed by atoms with Crippen LogP contribution in [0.3, 0.4) is 0 Å². The van der Waals surface area contributed by atoms with Crippen LogP contribution in [0.15, 0.2) is 24.4 Å². The minimum atomic E-state index is -0.942. The van der Waals surface area contributed by atoms with Crippen molar-refractivity contribution in [3.8, 4) is 0 Å². The zero-order valence-electron chi connectivity index (χ0n) is 18.0. The molecule has 1 aliphatic rings. The van der Waals surface area contributed by atoms with Gasteiger partial charge in [-0.1, -0.05) is 6.07 Å². The molecule has 31 heavy (non-hydrogen) atoms. The van der Waals surface area contributed by atoms with Crippen LogP contribution in [-0.4, -0.2) is 45.0 Å². The molecule has 3 rings (SSSR count). The SMILES string of the molecule is CC(C)(C)N1CCC[C@@H](CNc2nc(NCc3ccc(F)c(F)c3)ncc2[N+](=O)[O-])C1. The number of likely N-dealkylation sites (tertiary alicyclic amines) is 1. The number of nitro groups is 1. The van der Waals surface area contributed by atoms with Crippen molar-refractivity contribution < 1.29 is 13.7 Å². The van der Waals surface area contributed by atoms with Crippen molar-refractivity contribution >= 4 is 17.5 Å². The molecular formula is C21H28F2N6O2. The second-order valence-electron chi connectivity index (χ2n) is 8.79. The van der Waals surface area contributed by atoms with Crippen molar-refractivity contribution in [1.29, 1.82) is 0 Å². The largest absolute Gasteiger partial charge is 0.364 e. The van der Waals surface area contributed by atoms with Crippen LogP contribution in [-0.2, 0) is 6.54 Å². The van der Waals surface area contributed by atoms with Crippen molar-refractivity contribution in [3.63, 3.8) is 0 Å². The summed E-state index contributed by atoms with van der Waals surface area (Å²) in [6, 6.07) is 3.57. The van der Waals surface area contributed by atoms with Gasteiger partial charge in [-0.05, 0) is 63.8 Å². The number of rotatable bonds is 7. The van der Waals surface area contributed by atoms with E-state index in [2.05, 4.69) is 46.3 Å². The highest BCUT2D eigenvalue weighted by Gasteiger charge is 2.28. The molecule has 1 atom stereocenters. The van der Waals surface area contributed by atoms with Crippen molar-refractivity contribution in [2.75, 3.05) is 30.3 Å². The number of piperidine rings is 1. The molecule has 0 saturated carbocycles. The van der Waals surface area contributed by atoms with Crippen LogP contribution in [0.2, 0.25) is 0 Å². The van der Waals surface area contributed by atoms with Crippen molar-refractivity contribution in [2.45, 2.75) is 45.7 Å². The predicted octanol–water partition coefficient (Wildman–Crippen LogP) is 4.20. The lowest BCUT2D eigenvalue weighted by Crippen LogP contribution is -2.48. The normalized spacial score (nSPS) is 17.4. The molecule has 2 aromatic rings. The minimum Gasteiger partial charge on any atom is -0.364 e. The Hall–Kier alpha value is -2.88. The summed E-state index contributed by atoms with van der Waals surface area (Å²) in [6.07, 6.45) is 3.27. The highest BCUT2D eigenvalue weighted by atomic mass is 19.2. The van der Waals surface area contributed by atoms with Crippen LogP contribution in [0.1, 0.15) is 39.2 Å². The average molecular weight is 434 g/mol. The van der Waals surface area contributed by atoms with Crippen LogP contribution in [0, 0.1) is 27.7 Å². The smallest absolute Gasteiger partial charge is 0.329 e. The fourth-order valence-corrected chi connectivity index (χ4v) is 3.64. The molecule has 0 amide bonds. The van der Waals surface area contributed by atoms with Crippen LogP contribution in [0.5, 0.6) is 0 Å².